The molecule has 0 radical (unpaired) electrons. The molecule has 3 heteroatoms. The summed E-state index contributed by atoms with van der Waals surface area (Å²) in [7, 11) is 0. The molecule has 1 aromatic carbocycles. The molecule has 1 N–H and O–H groups in total. The van der Waals surface area contributed by atoms with Gasteiger partial charge in [-0.05, 0) is 18.9 Å². The number of fused-ring (bicyclic) bond motifs is 2. The van der Waals surface area contributed by atoms with E-state index in [1.54, 1.807) is 12.1 Å². The summed E-state index contributed by atoms with van der Waals surface area (Å²) in [5.74, 6) is -0.217. The van der Waals surface area contributed by atoms with Crippen molar-refractivity contribution in [3.05, 3.63) is 52.6 Å². The Morgan fingerprint density at radius 3 is 2.21 bits per heavy atom. The van der Waals surface area contributed by atoms with E-state index in [1.807, 2.05) is 12.2 Å². The number of hydrogen-bond donors (Lipinski definition) is 1. The summed E-state index contributed by atoms with van der Waals surface area (Å²) in [4.78, 5) is 25.2. The fourth-order valence-corrected chi connectivity index (χ4v) is 3.53. The summed E-state index contributed by atoms with van der Waals surface area (Å²) in [5.41, 5.74) is 1.83. The number of phenols is 1. The van der Waals surface area contributed by atoms with Gasteiger partial charge in [0.2, 0.25) is 0 Å². The standard InChI is InChI=1S/C16H12O3/c17-11-3-1-2-10-14(11)16(19)13-9-6-4-8(5-7-9)12(13)15(10)18/h1-4,6,8-9,17H,5,7H2/t8-,9+/m1/s1. The Labute approximate surface area is 110 Å². The van der Waals surface area contributed by atoms with E-state index in [1.165, 1.54) is 6.07 Å². The predicted octanol–water partition coefficient (Wildman–Crippen LogP) is 2.66. The van der Waals surface area contributed by atoms with Crippen LogP contribution in [0.1, 0.15) is 33.6 Å². The van der Waals surface area contributed by atoms with Crippen LogP contribution in [0.15, 0.2) is 41.5 Å². The summed E-state index contributed by atoms with van der Waals surface area (Å²) in [6, 6.07) is 4.71. The Bertz CT molecular complexity index is 694. The molecule has 0 unspecified atom stereocenters. The molecular formula is C16H12O3. The van der Waals surface area contributed by atoms with Gasteiger partial charge in [0.15, 0.2) is 11.6 Å². The highest BCUT2D eigenvalue weighted by atomic mass is 16.3. The molecule has 0 aromatic heterocycles. The van der Waals surface area contributed by atoms with Crippen LogP contribution in [0.3, 0.4) is 0 Å². The maximum absolute atomic E-state index is 12.6. The predicted molar refractivity (Wildman–Crippen MR) is 69.1 cm³/mol. The summed E-state index contributed by atoms with van der Waals surface area (Å²) in [6.45, 7) is 0. The monoisotopic (exact) mass is 252 g/mol. The molecule has 94 valence electrons. The van der Waals surface area contributed by atoms with Gasteiger partial charge in [-0.2, -0.15) is 0 Å². The van der Waals surface area contributed by atoms with Gasteiger partial charge in [-0.1, -0.05) is 24.3 Å². The van der Waals surface area contributed by atoms with Gasteiger partial charge < -0.3 is 5.11 Å². The average Bonchev–Trinajstić information content (AvgIpc) is 2.45. The van der Waals surface area contributed by atoms with E-state index >= 15 is 0 Å². The second-order valence-electron chi connectivity index (χ2n) is 5.36. The Hall–Kier alpha value is -2.16. The fourth-order valence-electron chi connectivity index (χ4n) is 3.53. The maximum Gasteiger partial charge on any atom is 0.194 e. The molecular weight excluding hydrogens is 240 g/mol. The van der Waals surface area contributed by atoms with Gasteiger partial charge in [-0.25, -0.2) is 0 Å². The highest BCUT2D eigenvalue weighted by Crippen LogP contribution is 2.47. The van der Waals surface area contributed by atoms with Crippen LogP contribution in [0.4, 0.5) is 0 Å². The molecule has 3 nitrogen and oxygen atoms in total. The van der Waals surface area contributed by atoms with E-state index in [4.69, 9.17) is 0 Å². The first-order valence-electron chi connectivity index (χ1n) is 6.52. The van der Waals surface area contributed by atoms with Crippen molar-refractivity contribution in [1.82, 2.24) is 0 Å². The first-order valence-corrected chi connectivity index (χ1v) is 6.52. The van der Waals surface area contributed by atoms with Gasteiger partial charge in [0, 0.05) is 28.5 Å². The van der Waals surface area contributed by atoms with Crippen LogP contribution in [0.2, 0.25) is 0 Å². The van der Waals surface area contributed by atoms with Crippen molar-refractivity contribution in [2.75, 3.05) is 0 Å². The lowest BCUT2D eigenvalue weighted by Gasteiger charge is -2.37. The number of rotatable bonds is 0. The SMILES string of the molecule is O=C1C2=C(C(=O)c3c(O)cccc31)[C@H]1C=C[C@@H]2CC1. The third-order valence-electron chi connectivity index (χ3n) is 4.40. The number of carbonyl (C=O) groups is 2. The lowest BCUT2D eigenvalue weighted by Crippen LogP contribution is -2.34. The van der Waals surface area contributed by atoms with Crippen molar-refractivity contribution in [2.24, 2.45) is 11.8 Å². The first-order chi connectivity index (χ1) is 9.18. The second-order valence-corrected chi connectivity index (χ2v) is 5.36. The Morgan fingerprint density at radius 2 is 1.58 bits per heavy atom. The van der Waals surface area contributed by atoms with E-state index in [9.17, 15) is 14.7 Å². The van der Waals surface area contributed by atoms with Crippen LogP contribution in [0, 0.1) is 11.8 Å². The summed E-state index contributed by atoms with van der Waals surface area (Å²) >= 11 is 0. The molecule has 4 aliphatic rings. The number of hydrogen-bond acceptors (Lipinski definition) is 3. The van der Waals surface area contributed by atoms with E-state index in [0.717, 1.165) is 12.8 Å². The number of Topliss-reactive ketones (excluding diaryl/α,β-unsaturated/α-hetero) is 2. The van der Waals surface area contributed by atoms with Crippen LogP contribution < -0.4 is 0 Å². The molecule has 0 aliphatic heterocycles. The third-order valence-corrected chi connectivity index (χ3v) is 4.40. The molecule has 0 spiro atoms. The molecule has 5 rings (SSSR count). The fraction of sp³-hybridized carbons (Fsp3) is 0.250. The summed E-state index contributed by atoms with van der Waals surface area (Å²) in [6.07, 6.45) is 5.93. The van der Waals surface area contributed by atoms with Crippen molar-refractivity contribution in [3.63, 3.8) is 0 Å². The smallest absolute Gasteiger partial charge is 0.194 e. The van der Waals surface area contributed by atoms with E-state index in [2.05, 4.69) is 0 Å². The second kappa shape index (κ2) is 3.44. The molecule has 2 bridgehead atoms. The number of ketones is 2. The van der Waals surface area contributed by atoms with Crippen molar-refractivity contribution < 1.29 is 14.7 Å². The van der Waals surface area contributed by atoms with Crippen molar-refractivity contribution in [1.29, 1.82) is 0 Å². The molecule has 0 fully saturated rings. The van der Waals surface area contributed by atoms with E-state index in [0.29, 0.717) is 16.7 Å². The van der Waals surface area contributed by atoms with Gasteiger partial charge in [-0.15, -0.1) is 0 Å². The molecule has 19 heavy (non-hydrogen) atoms. The molecule has 4 aliphatic carbocycles. The zero-order chi connectivity index (χ0) is 13.1. The highest BCUT2D eigenvalue weighted by molar-refractivity contribution is 6.28. The number of phenolic OH excluding ortho intramolecular Hbond substituents is 1. The quantitative estimate of drug-likeness (QED) is 0.722. The van der Waals surface area contributed by atoms with E-state index in [-0.39, 0.29) is 34.7 Å². The summed E-state index contributed by atoms with van der Waals surface area (Å²) < 4.78 is 0. The van der Waals surface area contributed by atoms with Gasteiger partial charge in [0.05, 0.1) is 5.56 Å². The molecule has 2 atom stereocenters. The Balaban J connectivity index is 2.01. The number of aromatic hydroxyl groups is 1. The average molecular weight is 252 g/mol. The van der Waals surface area contributed by atoms with Gasteiger partial charge in [0.1, 0.15) is 5.75 Å². The normalized spacial score (nSPS) is 27.6. The Kier molecular flexibility index (Phi) is 1.94. The highest BCUT2D eigenvalue weighted by Gasteiger charge is 2.43. The van der Waals surface area contributed by atoms with Crippen molar-refractivity contribution in [2.45, 2.75) is 12.8 Å². The molecule has 1 aromatic rings. The number of carbonyl (C=O) groups excluding carboxylic acids is 2. The largest absolute Gasteiger partial charge is 0.507 e. The van der Waals surface area contributed by atoms with Crippen LogP contribution in [0.5, 0.6) is 5.75 Å². The minimum absolute atomic E-state index is 0.0456. The first kappa shape index (κ1) is 10.7. The van der Waals surface area contributed by atoms with Crippen LogP contribution in [-0.2, 0) is 0 Å². The minimum Gasteiger partial charge on any atom is -0.507 e. The Morgan fingerprint density at radius 1 is 0.947 bits per heavy atom. The van der Waals surface area contributed by atoms with Gasteiger partial charge >= 0.3 is 0 Å². The maximum atomic E-state index is 12.6. The topological polar surface area (TPSA) is 54.4 Å². The minimum atomic E-state index is -0.165. The van der Waals surface area contributed by atoms with Crippen molar-refractivity contribution >= 4 is 11.6 Å². The molecule has 0 saturated heterocycles. The number of allylic oxidation sites excluding steroid dienone is 4. The molecule has 0 heterocycles. The zero-order valence-corrected chi connectivity index (χ0v) is 10.2. The van der Waals surface area contributed by atoms with Gasteiger partial charge in [-0.3, -0.25) is 9.59 Å². The molecule has 0 saturated carbocycles. The van der Waals surface area contributed by atoms with Crippen molar-refractivity contribution in [3.8, 4) is 5.75 Å². The van der Waals surface area contributed by atoms with Crippen LogP contribution >= 0.6 is 0 Å². The van der Waals surface area contributed by atoms with Crippen LogP contribution in [-0.4, -0.2) is 16.7 Å². The molecule has 0 amide bonds. The number of benzene rings is 1. The lowest BCUT2D eigenvalue weighted by atomic mass is 9.65. The van der Waals surface area contributed by atoms with Gasteiger partial charge in [0.25, 0.3) is 0 Å². The summed E-state index contributed by atoms with van der Waals surface area (Å²) in [5, 5.41) is 9.89. The zero-order valence-electron chi connectivity index (χ0n) is 10.2. The lowest BCUT2D eigenvalue weighted by molar-refractivity contribution is 0.0947. The van der Waals surface area contributed by atoms with E-state index < -0.39 is 0 Å². The van der Waals surface area contributed by atoms with Crippen LogP contribution in [0.25, 0.3) is 0 Å². The third kappa shape index (κ3) is 1.22.